The average molecular weight is 236 g/mol. The lowest BCUT2D eigenvalue weighted by atomic mass is 10.4. The van der Waals surface area contributed by atoms with Gasteiger partial charge in [-0.05, 0) is 6.92 Å². The van der Waals surface area contributed by atoms with Crippen LogP contribution in [0.1, 0.15) is 13.3 Å². The van der Waals surface area contributed by atoms with Gasteiger partial charge in [0.15, 0.2) is 0 Å². The third-order valence-electron chi connectivity index (χ3n) is 1.53. The van der Waals surface area contributed by atoms with Crippen molar-refractivity contribution in [2.24, 2.45) is 0 Å². The van der Waals surface area contributed by atoms with Gasteiger partial charge in [0.05, 0.1) is 13.2 Å². The van der Waals surface area contributed by atoms with Crippen LogP contribution in [0.3, 0.4) is 0 Å². The lowest BCUT2D eigenvalue weighted by Gasteiger charge is -2.10. The molecule has 0 saturated carbocycles. The Morgan fingerprint density at radius 2 is 2.00 bits per heavy atom. The second-order valence-corrected chi connectivity index (χ2v) is 5.22. The molecule has 0 aliphatic carbocycles. The van der Waals surface area contributed by atoms with Gasteiger partial charge >= 0.3 is 13.6 Å². The predicted molar refractivity (Wildman–Crippen MR) is 56.9 cm³/mol. The highest BCUT2D eigenvalue weighted by molar-refractivity contribution is 7.52. The van der Waals surface area contributed by atoms with E-state index in [0.29, 0.717) is 12.0 Å². The highest BCUT2D eigenvalue weighted by Crippen LogP contribution is 2.42. The summed E-state index contributed by atoms with van der Waals surface area (Å²) in [5.74, 6) is -0.429. The molecule has 0 aliphatic heterocycles. The number of carbonyl (C=O) groups excluding carboxylic acids is 1. The smallest absolute Gasteiger partial charge is 0.333 e. The maximum Gasteiger partial charge on any atom is 0.333 e. The molecule has 0 bridgehead atoms. The van der Waals surface area contributed by atoms with E-state index in [1.165, 1.54) is 13.8 Å². The molecule has 0 heterocycles. The van der Waals surface area contributed by atoms with E-state index in [9.17, 15) is 9.36 Å². The van der Waals surface area contributed by atoms with E-state index in [1.807, 2.05) is 0 Å². The lowest BCUT2D eigenvalue weighted by Crippen LogP contribution is -2.08. The summed E-state index contributed by atoms with van der Waals surface area (Å²) in [7, 11) is -1.59. The molecular weight excluding hydrogens is 219 g/mol. The van der Waals surface area contributed by atoms with Crippen molar-refractivity contribution in [1.29, 1.82) is 0 Å². The third-order valence-corrected chi connectivity index (χ3v) is 2.84. The van der Waals surface area contributed by atoms with Gasteiger partial charge in [-0.3, -0.25) is 4.57 Å². The van der Waals surface area contributed by atoms with Crippen LogP contribution in [0.5, 0.6) is 0 Å². The Labute approximate surface area is 89.9 Å². The van der Waals surface area contributed by atoms with E-state index in [1.54, 1.807) is 6.92 Å². The van der Waals surface area contributed by atoms with Crippen molar-refractivity contribution in [2.75, 3.05) is 27.0 Å². The van der Waals surface area contributed by atoms with Crippen molar-refractivity contribution >= 4 is 13.6 Å². The summed E-state index contributed by atoms with van der Waals surface area (Å²) < 4.78 is 25.6. The van der Waals surface area contributed by atoms with Crippen LogP contribution in [-0.2, 0) is 23.1 Å². The molecule has 0 aromatic rings. The van der Waals surface area contributed by atoms with Crippen molar-refractivity contribution in [2.45, 2.75) is 13.3 Å². The SMILES string of the molecule is C=C(C)C(=O)OCCCOP(C)(=O)OC. The topological polar surface area (TPSA) is 61.8 Å². The quantitative estimate of drug-likeness (QED) is 0.293. The second kappa shape index (κ2) is 6.77. The summed E-state index contributed by atoms with van der Waals surface area (Å²) in [6.45, 7) is 6.84. The fraction of sp³-hybridized carbons (Fsp3) is 0.667. The molecule has 0 aliphatic rings. The first-order valence-corrected chi connectivity index (χ1v) is 6.48. The van der Waals surface area contributed by atoms with E-state index in [2.05, 4.69) is 11.1 Å². The minimum atomic E-state index is -2.91. The second-order valence-electron chi connectivity index (χ2n) is 3.06. The van der Waals surface area contributed by atoms with Gasteiger partial charge in [0.1, 0.15) is 0 Å². The van der Waals surface area contributed by atoms with Gasteiger partial charge < -0.3 is 13.8 Å². The molecule has 0 radical (unpaired) electrons. The Bertz CT molecular complexity index is 274. The lowest BCUT2D eigenvalue weighted by molar-refractivity contribution is -0.139. The highest BCUT2D eigenvalue weighted by Gasteiger charge is 2.13. The summed E-state index contributed by atoms with van der Waals surface area (Å²) in [6.07, 6.45) is 0.472. The first-order valence-electron chi connectivity index (χ1n) is 4.49. The Balaban J connectivity index is 3.53. The van der Waals surface area contributed by atoms with Crippen LogP contribution in [0.4, 0.5) is 0 Å². The fourth-order valence-electron chi connectivity index (χ4n) is 0.630. The normalized spacial score (nSPS) is 14.3. The van der Waals surface area contributed by atoms with E-state index in [-0.39, 0.29) is 13.2 Å². The first-order chi connectivity index (χ1) is 6.89. The van der Waals surface area contributed by atoms with Crippen molar-refractivity contribution in [3.63, 3.8) is 0 Å². The predicted octanol–water partition coefficient (Wildman–Crippen LogP) is 1.98. The van der Waals surface area contributed by atoms with Crippen LogP contribution < -0.4 is 0 Å². The maximum atomic E-state index is 11.2. The molecule has 88 valence electrons. The van der Waals surface area contributed by atoms with Gasteiger partial charge in [0.25, 0.3) is 0 Å². The number of esters is 1. The third kappa shape index (κ3) is 7.31. The van der Waals surface area contributed by atoms with Crippen LogP contribution in [0.2, 0.25) is 0 Å². The van der Waals surface area contributed by atoms with E-state index in [4.69, 9.17) is 9.26 Å². The highest BCUT2D eigenvalue weighted by atomic mass is 31.2. The van der Waals surface area contributed by atoms with Crippen LogP contribution >= 0.6 is 7.60 Å². The van der Waals surface area contributed by atoms with Crippen molar-refractivity contribution < 1.29 is 23.1 Å². The zero-order valence-electron chi connectivity index (χ0n) is 9.32. The minimum absolute atomic E-state index is 0.218. The number of ether oxygens (including phenoxy) is 1. The van der Waals surface area contributed by atoms with Crippen molar-refractivity contribution in [3.05, 3.63) is 12.2 Å². The van der Waals surface area contributed by atoms with Gasteiger partial charge in [-0.1, -0.05) is 6.58 Å². The molecule has 0 amide bonds. The number of hydrogen-bond donors (Lipinski definition) is 0. The average Bonchev–Trinajstić information content (AvgIpc) is 2.16. The minimum Gasteiger partial charge on any atom is -0.462 e. The van der Waals surface area contributed by atoms with Crippen LogP contribution in [-0.4, -0.2) is 33.0 Å². The van der Waals surface area contributed by atoms with E-state index in [0.717, 1.165) is 0 Å². The zero-order chi connectivity index (χ0) is 11.9. The molecule has 15 heavy (non-hydrogen) atoms. The number of carbonyl (C=O) groups is 1. The summed E-state index contributed by atoms with van der Waals surface area (Å²) in [4.78, 5) is 10.9. The molecular formula is C9H17O5P. The number of rotatable bonds is 7. The molecule has 0 N–H and O–H groups in total. The number of hydrogen-bond acceptors (Lipinski definition) is 5. The van der Waals surface area contributed by atoms with Crippen LogP contribution in [0.25, 0.3) is 0 Å². The summed E-state index contributed by atoms with van der Waals surface area (Å²) in [5, 5.41) is 0. The molecule has 0 rings (SSSR count). The molecule has 0 aromatic heterocycles. The molecule has 0 saturated heterocycles. The molecule has 5 nitrogen and oxygen atoms in total. The van der Waals surface area contributed by atoms with Gasteiger partial charge in [-0.15, -0.1) is 0 Å². The Morgan fingerprint density at radius 1 is 1.40 bits per heavy atom. The van der Waals surface area contributed by atoms with Gasteiger partial charge in [-0.2, -0.15) is 0 Å². The zero-order valence-corrected chi connectivity index (χ0v) is 10.2. The van der Waals surface area contributed by atoms with Crippen molar-refractivity contribution in [3.8, 4) is 0 Å². The van der Waals surface area contributed by atoms with Gasteiger partial charge in [-0.25, -0.2) is 4.79 Å². The van der Waals surface area contributed by atoms with Crippen LogP contribution in [0.15, 0.2) is 12.2 Å². The molecule has 1 unspecified atom stereocenters. The maximum absolute atomic E-state index is 11.2. The molecule has 1 atom stereocenters. The molecule has 0 aromatic carbocycles. The largest absolute Gasteiger partial charge is 0.462 e. The standard InChI is InChI=1S/C9H17O5P/c1-8(2)9(10)13-6-5-7-14-15(4,11)12-3/h1,5-7H2,2-4H3. The molecule has 0 spiro atoms. The van der Waals surface area contributed by atoms with E-state index >= 15 is 0 Å². The van der Waals surface area contributed by atoms with E-state index < -0.39 is 13.6 Å². The van der Waals surface area contributed by atoms with Gasteiger partial charge in [0, 0.05) is 25.8 Å². The molecule has 0 fully saturated rings. The summed E-state index contributed by atoms with van der Waals surface area (Å²) in [6, 6.07) is 0. The summed E-state index contributed by atoms with van der Waals surface area (Å²) >= 11 is 0. The first kappa shape index (κ1) is 14.4. The van der Waals surface area contributed by atoms with Crippen molar-refractivity contribution in [1.82, 2.24) is 0 Å². The fourth-order valence-corrected chi connectivity index (χ4v) is 1.20. The van der Waals surface area contributed by atoms with Crippen LogP contribution in [0, 0.1) is 0 Å². The monoisotopic (exact) mass is 236 g/mol. The molecule has 6 heteroatoms. The summed E-state index contributed by atoms with van der Waals surface area (Å²) in [5.41, 5.74) is 0.356. The Hall–Kier alpha value is -0.640. The Morgan fingerprint density at radius 3 is 2.47 bits per heavy atom. The van der Waals surface area contributed by atoms with Gasteiger partial charge in [0.2, 0.25) is 0 Å². The Kier molecular flexibility index (Phi) is 6.48.